The number of carbonyl (C=O) groups is 2. The van der Waals surface area contributed by atoms with Crippen molar-refractivity contribution < 1.29 is 33.3 Å². The number of imidazole rings is 1. The molecule has 14 heteroatoms. The molecule has 0 aliphatic carbocycles. The lowest BCUT2D eigenvalue weighted by molar-refractivity contribution is -0.141. The molecule has 3 aromatic rings. The number of rotatable bonds is 9. The first-order chi connectivity index (χ1) is 19.9. The molecule has 0 spiro atoms. The van der Waals surface area contributed by atoms with Crippen LogP contribution in [-0.4, -0.2) is 77.5 Å². The van der Waals surface area contributed by atoms with Gasteiger partial charge in [-0.05, 0) is 55.3 Å². The Morgan fingerprint density at radius 1 is 1.21 bits per heavy atom. The van der Waals surface area contributed by atoms with E-state index in [2.05, 4.69) is 26.2 Å². The summed E-state index contributed by atoms with van der Waals surface area (Å²) >= 11 is 10.2. The highest BCUT2D eigenvalue weighted by molar-refractivity contribution is 9.10. The zero-order chi connectivity index (χ0) is 30.6. The van der Waals surface area contributed by atoms with Crippen LogP contribution in [0.15, 0.2) is 29.0 Å². The molecule has 42 heavy (non-hydrogen) atoms. The van der Waals surface area contributed by atoms with Crippen molar-refractivity contribution in [2.75, 3.05) is 39.8 Å². The maximum Gasteiger partial charge on any atom is 0.410 e. The van der Waals surface area contributed by atoms with Gasteiger partial charge in [0.25, 0.3) is 0 Å². The topological polar surface area (TPSA) is 126 Å². The van der Waals surface area contributed by atoms with Crippen LogP contribution in [0, 0.1) is 0 Å². The highest BCUT2D eigenvalue weighted by Crippen LogP contribution is 2.35. The molecule has 1 saturated heterocycles. The van der Waals surface area contributed by atoms with Crippen molar-refractivity contribution in [2.24, 2.45) is 0 Å². The number of hydrogen-bond acceptors (Lipinski definition) is 10. The molecule has 1 N–H and O–H groups in total. The summed E-state index contributed by atoms with van der Waals surface area (Å²) in [4.78, 5) is 35.9. The molecule has 4 rings (SSSR count). The van der Waals surface area contributed by atoms with Crippen molar-refractivity contribution in [3.05, 3.63) is 45.5 Å². The number of aromatic nitrogens is 3. The number of hydrogen-bond donors (Lipinski definition) is 1. The molecule has 2 atom stereocenters. The van der Waals surface area contributed by atoms with Crippen molar-refractivity contribution in [3.63, 3.8) is 0 Å². The fraction of sp³-hybridized carbons (Fsp3) is 0.500. The molecule has 1 aliphatic rings. The number of anilines is 1. The monoisotopic (exact) mass is 667 g/mol. The van der Waals surface area contributed by atoms with E-state index in [1.54, 1.807) is 44.3 Å². The van der Waals surface area contributed by atoms with Gasteiger partial charge in [-0.1, -0.05) is 11.6 Å². The number of fused-ring (bicyclic) bond motifs is 1. The van der Waals surface area contributed by atoms with E-state index in [1.165, 1.54) is 13.3 Å². The Kier molecular flexibility index (Phi) is 10.1. The maximum absolute atomic E-state index is 13.2. The summed E-state index contributed by atoms with van der Waals surface area (Å²) in [5.41, 5.74) is 0.791. The van der Waals surface area contributed by atoms with Crippen LogP contribution in [0.1, 0.15) is 51.1 Å². The third-order valence-electron chi connectivity index (χ3n) is 6.66. The summed E-state index contributed by atoms with van der Waals surface area (Å²) in [6.45, 7) is 6.10. The highest BCUT2D eigenvalue weighted by atomic mass is 79.9. The SMILES string of the molecule is COC(=O)CCC1COC(c2nc(Br)c3c(NCc4ccc(OC)cc4OC)ncc(Cl)n23)CN1C(=O)OC(C)(C)C. The van der Waals surface area contributed by atoms with Crippen LogP contribution in [0.5, 0.6) is 11.5 Å². The van der Waals surface area contributed by atoms with Crippen LogP contribution in [0.3, 0.4) is 0 Å². The second kappa shape index (κ2) is 13.3. The Hall–Kier alpha value is -3.29. The van der Waals surface area contributed by atoms with E-state index < -0.39 is 23.8 Å². The van der Waals surface area contributed by atoms with Gasteiger partial charge in [0.05, 0.1) is 46.7 Å². The minimum Gasteiger partial charge on any atom is -0.497 e. The Morgan fingerprint density at radius 2 is 1.98 bits per heavy atom. The van der Waals surface area contributed by atoms with E-state index in [0.29, 0.717) is 51.4 Å². The molecule has 1 aromatic carbocycles. The van der Waals surface area contributed by atoms with Crippen molar-refractivity contribution in [1.82, 2.24) is 19.3 Å². The number of carbonyl (C=O) groups excluding carboxylic acids is 2. The van der Waals surface area contributed by atoms with Gasteiger partial charge < -0.3 is 29.0 Å². The minimum absolute atomic E-state index is 0.136. The first-order valence-electron chi connectivity index (χ1n) is 13.3. The predicted octanol–water partition coefficient (Wildman–Crippen LogP) is 5.40. The molecule has 1 amide bonds. The summed E-state index contributed by atoms with van der Waals surface area (Å²) in [5, 5.41) is 3.65. The molecule has 12 nitrogen and oxygen atoms in total. The molecular formula is C28H35BrClN5O7. The normalized spacial score (nSPS) is 17.2. The van der Waals surface area contributed by atoms with Gasteiger partial charge in [0.2, 0.25) is 0 Å². The molecule has 1 aliphatic heterocycles. The van der Waals surface area contributed by atoms with E-state index in [9.17, 15) is 9.59 Å². The second-order valence-electron chi connectivity index (χ2n) is 10.6. The van der Waals surface area contributed by atoms with Crippen LogP contribution in [0.2, 0.25) is 5.15 Å². The average molecular weight is 669 g/mol. The molecule has 2 unspecified atom stereocenters. The van der Waals surface area contributed by atoms with Gasteiger partial charge in [-0.2, -0.15) is 0 Å². The lowest BCUT2D eigenvalue weighted by Crippen LogP contribution is -2.51. The highest BCUT2D eigenvalue weighted by Gasteiger charge is 2.38. The van der Waals surface area contributed by atoms with Gasteiger partial charge in [0, 0.05) is 24.6 Å². The van der Waals surface area contributed by atoms with Crippen LogP contribution in [-0.2, 0) is 25.5 Å². The number of esters is 1. The summed E-state index contributed by atoms with van der Waals surface area (Å²) in [5.74, 6) is 2.00. The zero-order valence-electron chi connectivity index (χ0n) is 24.4. The van der Waals surface area contributed by atoms with Gasteiger partial charge in [-0.15, -0.1) is 0 Å². The van der Waals surface area contributed by atoms with Crippen molar-refractivity contribution in [1.29, 1.82) is 0 Å². The number of morpholine rings is 1. The Morgan fingerprint density at radius 3 is 2.64 bits per heavy atom. The number of benzene rings is 1. The summed E-state index contributed by atoms with van der Waals surface area (Å²) in [6.07, 6.45) is 0.873. The summed E-state index contributed by atoms with van der Waals surface area (Å²) < 4.78 is 29.7. The van der Waals surface area contributed by atoms with Gasteiger partial charge in [0.1, 0.15) is 44.3 Å². The number of ether oxygens (including phenoxy) is 5. The number of amides is 1. The Balaban J connectivity index is 1.62. The lowest BCUT2D eigenvalue weighted by atomic mass is 10.1. The molecule has 0 bridgehead atoms. The molecule has 0 radical (unpaired) electrons. The van der Waals surface area contributed by atoms with E-state index in [1.807, 2.05) is 18.2 Å². The Bertz CT molecular complexity index is 1440. The maximum atomic E-state index is 13.2. The van der Waals surface area contributed by atoms with Crippen molar-refractivity contribution in [3.8, 4) is 11.5 Å². The largest absolute Gasteiger partial charge is 0.497 e. The lowest BCUT2D eigenvalue weighted by Gasteiger charge is -2.39. The molecule has 0 saturated carbocycles. The van der Waals surface area contributed by atoms with Gasteiger partial charge in [-0.3, -0.25) is 14.1 Å². The summed E-state index contributed by atoms with van der Waals surface area (Å²) in [6, 6.07) is 5.18. The van der Waals surface area contributed by atoms with Crippen LogP contribution in [0.4, 0.5) is 10.6 Å². The molecule has 1 fully saturated rings. The smallest absolute Gasteiger partial charge is 0.410 e. The molecule has 2 aromatic heterocycles. The predicted molar refractivity (Wildman–Crippen MR) is 159 cm³/mol. The van der Waals surface area contributed by atoms with Crippen LogP contribution in [0.25, 0.3) is 5.52 Å². The fourth-order valence-electron chi connectivity index (χ4n) is 4.61. The van der Waals surface area contributed by atoms with Crippen molar-refractivity contribution >= 4 is 50.9 Å². The molecule has 3 heterocycles. The number of nitrogens with zero attached hydrogens (tertiary/aromatic N) is 4. The summed E-state index contributed by atoms with van der Waals surface area (Å²) in [7, 11) is 4.53. The van der Waals surface area contributed by atoms with Gasteiger partial charge >= 0.3 is 12.1 Å². The van der Waals surface area contributed by atoms with E-state index >= 15 is 0 Å². The van der Waals surface area contributed by atoms with Crippen molar-refractivity contribution in [2.45, 2.75) is 57.9 Å². The Labute approximate surface area is 257 Å². The average Bonchev–Trinajstić information content (AvgIpc) is 3.32. The minimum atomic E-state index is -0.705. The fourth-order valence-corrected chi connectivity index (χ4v) is 5.38. The number of nitrogens with one attached hydrogen (secondary N) is 1. The first-order valence-corrected chi connectivity index (χ1v) is 14.5. The molecule has 228 valence electrons. The third kappa shape index (κ3) is 7.19. The standard InChI is InChI=1S/C28H35BrClN5O7/c1-28(2,3)42-27(37)34-14-20(41-15-17(34)8-10-22(36)40-6)26-33-24(29)23-25(32-13-21(30)35(23)26)31-12-16-7-9-18(38-4)11-19(16)39-5/h7,9,11,13,17,20H,8,10,12,14-15H2,1-6H3,(H,31,32). The zero-order valence-corrected chi connectivity index (χ0v) is 26.7. The second-order valence-corrected chi connectivity index (χ2v) is 11.8. The van der Waals surface area contributed by atoms with Gasteiger partial charge in [-0.25, -0.2) is 14.8 Å². The van der Waals surface area contributed by atoms with Crippen LogP contribution < -0.4 is 14.8 Å². The number of halogens is 2. The third-order valence-corrected chi connectivity index (χ3v) is 7.48. The van der Waals surface area contributed by atoms with E-state index in [4.69, 9.17) is 40.3 Å². The van der Waals surface area contributed by atoms with Gasteiger partial charge in [0.15, 0.2) is 5.82 Å². The number of methoxy groups -OCH3 is 3. The van der Waals surface area contributed by atoms with E-state index in [-0.39, 0.29) is 25.5 Å². The van der Waals surface area contributed by atoms with Crippen LogP contribution >= 0.6 is 27.5 Å². The van der Waals surface area contributed by atoms with E-state index in [0.717, 1.165) is 5.56 Å². The quantitative estimate of drug-likeness (QED) is 0.296. The first kappa shape index (κ1) is 31.6. The molecular weight excluding hydrogens is 634 g/mol.